The molecule has 1 aliphatic rings. The zero-order chi connectivity index (χ0) is 14.5. The summed E-state index contributed by atoms with van der Waals surface area (Å²) in [5.74, 6) is -0.376. The Morgan fingerprint density at radius 3 is 2.85 bits per heavy atom. The maximum Gasteiger partial charge on any atom is 0.335 e. The lowest BCUT2D eigenvalue weighted by Gasteiger charge is -2.11. The number of carbonyl (C=O) groups is 2. The Morgan fingerprint density at radius 1 is 1.45 bits per heavy atom. The third-order valence-corrected chi connectivity index (χ3v) is 3.69. The van der Waals surface area contributed by atoms with E-state index in [9.17, 15) is 9.59 Å². The summed E-state index contributed by atoms with van der Waals surface area (Å²) in [6, 6.07) is 4.72. The highest BCUT2D eigenvalue weighted by Crippen LogP contribution is 2.18. The van der Waals surface area contributed by atoms with Gasteiger partial charge in [-0.2, -0.15) is 0 Å². The molecule has 5 nitrogen and oxygen atoms in total. The second-order valence-electron chi connectivity index (χ2n) is 5.28. The standard InChI is InChI=1S/C15H20N2O3/c1-10-8-12(15(19)20)3-4-13(10)17-14(18)5-2-11-6-7-16-9-11/h3-4,8,11,16H,2,5-7,9H2,1H3,(H,17,18)(H,19,20). The zero-order valence-corrected chi connectivity index (χ0v) is 11.6. The number of rotatable bonds is 5. The first kappa shape index (κ1) is 14.5. The Morgan fingerprint density at radius 2 is 2.25 bits per heavy atom. The second-order valence-corrected chi connectivity index (χ2v) is 5.28. The van der Waals surface area contributed by atoms with Crippen LogP contribution in [0.4, 0.5) is 5.69 Å². The van der Waals surface area contributed by atoms with E-state index in [0.29, 0.717) is 18.0 Å². The van der Waals surface area contributed by atoms with Crippen LogP contribution in [0.2, 0.25) is 0 Å². The molecule has 5 heteroatoms. The fraction of sp³-hybridized carbons (Fsp3) is 0.467. The Bertz CT molecular complexity index is 508. The molecule has 2 rings (SSSR count). The number of nitrogens with one attached hydrogen (secondary N) is 2. The summed E-state index contributed by atoms with van der Waals surface area (Å²) in [7, 11) is 0. The van der Waals surface area contributed by atoms with Crippen molar-refractivity contribution in [1.29, 1.82) is 0 Å². The van der Waals surface area contributed by atoms with Gasteiger partial charge < -0.3 is 15.7 Å². The van der Waals surface area contributed by atoms with Crippen molar-refractivity contribution in [2.45, 2.75) is 26.2 Å². The van der Waals surface area contributed by atoms with Gasteiger partial charge in [-0.3, -0.25) is 4.79 Å². The maximum atomic E-state index is 11.9. The molecule has 3 N–H and O–H groups in total. The van der Waals surface area contributed by atoms with Crippen LogP contribution in [-0.4, -0.2) is 30.1 Å². The molecule has 1 aromatic carbocycles. The second kappa shape index (κ2) is 6.52. The highest BCUT2D eigenvalue weighted by molar-refractivity contribution is 5.93. The molecule has 20 heavy (non-hydrogen) atoms. The molecule has 1 fully saturated rings. The van der Waals surface area contributed by atoms with Gasteiger partial charge in [0.15, 0.2) is 0 Å². The average molecular weight is 276 g/mol. The Hall–Kier alpha value is -1.88. The van der Waals surface area contributed by atoms with Crippen molar-refractivity contribution in [2.24, 2.45) is 5.92 Å². The normalized spacial score (nSPS) is 17.9. The quantitative estimate of drug-likeness (QED) is 0.769. The summed E-state index contributed by atoms with van der Waals surface area (Å²) < 4.78 is 0. The van der Waals surface area contributed by atoms with Crippen LogP contribution >= 0.6 is 0 Å². The van der Waals surface area contributed by atoms with Crippen molar-refractivity contribution in [2.75, 3.05) is 18.4 Å². The number of hydrogen-bond acceptors (Lipinski definition) is 3. The van der Waals surface area contributed by atoms with E-state index in [-0.39, 0.29) is 11.5 Å². The lowest BCUT2D eigenvalue weighted by Crippen LogP contribution is -2.15. The average Bonchev–Trinajstić information content (AvgIpc) is 2.91. The van der Waals surface area contributed by atoms with Gasteiger partial charge in [0.05, 0.1) is 5.56 Å². The predicted molar refractivity (Wildman–Crippen MR) is 77.0 cm³/mol. The van der Waals surface area contributed by atoms with Crippen molar-refractivity contribution in [3.05, 3.63) is 29.3 Å². The molecule has 1 heterocycles. The summed E-state index contributed by atoms with van der Waals surface area (Å²) in [5.41, 5.74) is 1.68. The van der Waals surface area contributed by atoms with Crippen LogP contribution < -0.4 is 10.6 Å². The summed E-state index contributed by atoms with van der Waals surface area (Å²) >= 11 is 0. The summed E-state index contributed by atoms with van der Waals surface area (Å²) in [5, 5.41) is 15.0. The molecular formula is C15H20N2O3. The minimum atomic E-state index is -0.959. The lowest BCUT2D eigenvalue weighted by atomic mass is 10.0. The fourth-order valence-electron chi connectivity index (χ4n) is 2.45. The molecule has 1 saturated heterocycles. The molecule has 0 spiro atoms. The van der Waals surface area contributed by atoms with E-state index in [1.807, 2.05) is 0 Å². The van der Waals surface area contributed by atoms with Gasteiger partial charge in [-0.15, -0.1) is 0 Å². The van der Waals surface area contributed by atoms with Crippen LogP contribution in [0, 0.1) is 12.8 Å². The number of carbonyl (C=O) groups excluding carboxylic acids is 1. The van der Waals surface area contributed by atoms with Gasteiger partial charge in [-0.1, -0.05) is 0 Å². The first-order chi connectivity index (χ1) is 9.56. The summed E-state index contributed by atoms with van der Waals surface area (Å²) in [6.07, 6.45) is 2.54. The van der Waals surface area contributed by atoms with E-state index in [1.54, 1.807) is 19.1 Å². The maximum absolute atomic E-state index is 11.9. The molecule has 0 saturated carbocycles. The number of aryl methyl sites for hydroxylation is 1. The lowest BCUT2D eigenvalue weighted by molar-refractivity contribution is -0.116. The highest BCUT2D eigenvalue weighted by atomic mass is 16.4. The van der Waals surface area contributed by atoms with Crippen molar-refractivity contribution in [3.63, 3.8) is 0 Å². The third-order valence-electron chi connectivity index (χ3n) is 3.69. The fourth-order valence-corrected chi connectivity index (χ4v) is 2.45. The Balaban J connectivity index is 1.88. The number of aromatic carboxylic acids is 1. The first-order valence-corrected chi connectivity index (χ1v) is 6.91. The molecule has 1 aliphatic heterocycles. The summed E-state index contributed by atoms with van der Waals surface area (Å²) in [4.78, 5) is 22.7. The van der Waals surface area contributed by atoms with Crippen LogP contribution in [0.25, 0.3) is 0 Å². The number of carboxylic acid groups (broad SMARTS) is 1. The van der Waals surface area contributed by atoms with Gasteiger partial charge in [-0.05, 0) is 62.5 Å². The molecule has 1 atom stereocenters. The van der Waals surface area contributed by atoms with E-state index in [2.05, 4.69) is 10.6 Å². The molecule has 0 aliphatic carbocycles. The van der Waals surface area contributed by atoms with Crippen molar-refractivity contribution in [1.82, 2.24) is 5.32 Å². The van der Waals surface area contributed by atoms with E-state index in [0.717, 1.165) is 31.5 Å². The van der Waals surface area contributed by atoms with Crippen LogP contribution in [0.15, 0.2) is 18.2 Å². The molecule has 108 valence electrons. The monoisotopic (exact) mass is 276 g/mol. The van der Waals surface area contributed by atoms with Gasteiger partial charge >= 0.3 is 5.97 Å². The third kappa shape index (κ3) is 3.81. The summed E-state index contributed by atoms with van der Waals surface area (Å²) in [6.45, 7) is 3.84. The SMILES string of the molecule is Cc1cc(C(=O)O)ccc1NC(=O)CCC1CCNC1. The molecule has 0 aromatic heterocycles. The number of benzene rings is 1. The molecule has 1 amide bonds. The number of anilines is 1. The predicted octanol–water partition coefficient (Wildman–Crippen LogP) is 2.02. The van der Waals surface area contributed by atoms with Crippen LogP contribution in [0.3, 0.4) is 0 Å². The molecular weight excluding hydrogens is 256 g/mol. The molecule has 1 aromatic rings. The van der Waals surface area contributed by atoms with Gasteiger partial charge in [0.25, 0.3) is 0 Å². The van der Waals surface area contributed by atoms with Gasteiger partial charge in [0.2, 0.25) is 5.91 Å². The van der Waals surface area contributed by atoms with Crippen molar-refractivity contribution in [3.8, 4) is 0 Å². The van der Waals surface area contributed by atoms with Crippen molar-refractivity contribution < 1.29 is 14.7 Å². The topological polar surface area (TPSA) is 78.4 Å². The Kier molecular flexibility index (Phi) is 4.74. The van der Waals surface area contributed by atoms with E-state index < -0.39 is 5.97 Å². The van der Waals surface area contributed by atoms with E-state index >= 15 is 0 Å². The van der Waals surface area contributed by atoms with Gasteiger partial charge in [0.1, 0.15) is 0 Å². The first-order valence-electron chi connectivity index (χ1n) is 6.91. The van der Waals surface area contributed by atoms with E-state index in [1.165, 1.54) is 6.07 Å². The largest absolute Gasteiger partial charge is 0.478 e. The van der Waals surface area contributed by atoms with Crippen LogP contribution in [0.5, 0.6) is 0 Å². The van der Waals surface area contributed by atoms with Crippen molar-refractivity contribution >= 4 is 17.6 Å². The number of carboxylic acids is 1. The highest BCUT2D eigenvalue weighted by Gasteiger charge is 2.16. The van der Waals surface area contributed by atoms with Gasteiger partial charge in [0, 0.05) is 12.1 Å². The Labute approximate surface area is 118 Å². The van der Waals surface area contributed by atoms with Crippen LogP contribution in [0.1, 0.15) is 35.2 Å². The number of amides is 1. The smallest absolute Gasteiger partial charge is 0.335 e. The van der Waals surface area contributed by atoms with Gasteiger partial charge in [-0.25, -0.2) is 4.79 Å². The molecule has 1 unspecified atom stereocenters. The zero-order valence-electron chi connectivity index (χ0n) is 11.6. The molecule has 0 radical (unpaired) electrons. The molecule has 0 bridgehead atoms. The van der Waals surface area contributed by atoms with Crippen LogP contribution in [-0.2, 0) is 4.79 Å². The minimum absolute atomic E-state index is 0.0110. The van der Waals surface area contributed by atoms with E-state index in [4.69, 9.17) is 5.11 Å². The minimum Gasteiger partial charge on any atom is -0.478 e. The number of hydrogen-bond donors (Lipinski definition) is 3.